The maximum Gasteiger partial charge on any atom is 0.259 e. The molecule has 1 aliphatic heterocycles. The van der Waals surface area contributed by atoms with Crippen LogP contribution < -0.4 is 10.2 Å². The first-order valence-electron chi connectivity index (χ1n) is 11.3. The number of carbonyl (C=O) groups excluding carboxylic acids is 2. The fourth-order valence-corrected chi connectivity index (χ4v) is 4.28. The van der Waals surface area contributed by atoms with Gasteiger partial charge in [-0.3, -0.25) is 9.59 Å². The predicted molar refractivity (Wildman–Crippen MR) is 121 cm³/mol. The number of halogens is 1. The highest BCUT2D eigenvalue weighted by molar-refractivity contribution is 6.06. The van der Waals surface area contributed by atoms with Gasteiger partial charge in [0, 0.05) is 56.4 Å². The number of aryl methyl sites for hydroxylation is 1. The van der Waals surface area contributed by atoms with E-state index in [4.69, 9.17) is 4.52 Å². The minimum Gasteiger partial charge on any atom is -0.368 e. The number of hydrogen-bond acceptors (Lipinski definition) is 6. The lowest BCUT2D eigenvalue weighted by Gasteiger charge is -2.36. The van der Waals surface area contributed by atoms with E-state index in [0.717, 1.165) is 24.2 Å². The molecular formula is C24H26FN5O3. The monoisotopic (exact) mass is 451 g/mol. The number of piperazine rings is 1. The summed E-state index contributed by atoms with van der Waals surface area (Å²) in [6.07, 6.45) is 2.36. The second-order valence-corrected chi connectivity index (χ2v) is 8.67. The summed E-state index contributed by atoms with van der Waals surface area (Å²) >= 11 is 0. The van der Waals surface area contributed by atoms with Gasteiger partial charge in [0.25, 0.3) is 11.6 Å². The third-order valence-corrected chi connectivity index (χ3v) is 6.33. The van der Waals surface area contributed by atoms with Crippen LogP contribution >= 0.6 is 0 Å². The molecule has 1 aromatic carbocycles. The van der Waals surface area contributed by atoms with Gasteiger partial charge in [0.05, 0.1) is 16.6 Å². The molecular weight excluding hydrogens is 425 g/mol. The number of benzene rings is 1. The quantitative estimate of drug-likeness (QED) is 0.620. The Hall–Kier alpha value is -3.49. The van der Waals surface area contributed by atoms with Gasteiger partial charge in [-0.25, -0.2) is 9.37 Å². The van der Waals surface area contributed by atoms with Gasteiger partial charge in [-0.1, -0.05) is 5.16 Å². The van der Waals surface area contributed by atoms with Gasteiger partial charge in [-0.2, -0.15) is 0 Å². The average molecular weight is 452 g/mol. The van der Waals surface area contributed by atoms with E-state index in [1.807, 2.05) is 11.0 Å². The Labute approximate surface area is 190 Å². The van der Waals surface area contributed by atoms with Crippen molar-refractivity contribution in [3.05, 3.63) is 53.1 Å². The van der Waals surface area contributed by atoms with Gasteiger partial charge in [-0.15, -0.1) is 0 Å². The number of fused-ring (bicyclic) bond motifs is 1. The van der Waals surface area contributed by atoms with Gasteiger partial charge < -0.3 is 19.6 Å². The Morgan fingerprint density at radius 3 is 2.58 bits per heavy atom. The zero-order valence-corrected chi connectivity index (χ0v) is 18.5. The fraction of sp³-hybridized carbons (Fsp3) is 0.417. The topological polar surface area (TPSA) is 91.6 Å². The molecule has 1 saturated carbocycles. The zero-order chi connectivity index (χ0) is 22.9. The predicted octanol–water partition coefficient (Wildman–Crippen LogP) is 3.02. The number of amides is 2. The van der Waals surface area contributed by atoms with Crippen molar-refractivity contribution in [1.29, 1.82) is 0 Å². The third kappa shape index (κ3) is 4.53. The van der Waals surface area contributed by atoms with Gasteiger partial charge in [-0.05, 0) is 50.1 Å². The van der Waals surface area contributed by atoms with Crippen LogP contribution in [0.5, 0.6) is 0 Å². The van der Waals surface area contributed by atoms with E-state index in [0.29, 0.717) is 54.5 Å². The highest BCUT2D eigenvalue weighted by Crippen LogP contribution is 2.40. The van der Waals surface area contributed by atoms with Crippen molar-refractivity contribution in [3.63, 3.8) is 0 Å². The minimum absolute atomic E-state index is 0.00811. The lowest BCUT2D eigenvalue weighted by atomic mass is 10.1. The van der Waals surface area contributed by atoms with Crippen molar-refractivity contribution in [2.75, 3.05) is 37.6 Å². The highest BCUT2D eigenvalue weighted by Gasteiger charge is 2.29. The molecule has 3 aromatic rings. The smallest absolute Gasteiger partial charge is 0.259 e. The summed E-state index contributed by atoms with van der Waals surface area (Å²) in [4.78, 5) is 34.0. The van der Waals surface area contributed by atoms with Crippen LogP contribution in [0.2, 0.25) is 0 Å². The molecule has 172 valence electrons. The first-order chi connectivity index (χ1) is 16.0. The van der Waals surface area contributed by atoms with Crippen LogP contribution in [0.15, 0.2) is 34.9 Å². The molecule has 1 N–H and O–H groups in total. The van der Waals surface area contributed by atoms with Crippen molar-refractivity contribution in [3.8, 4) is 0 Å². The van der Waals surface area contributed by atoms with E-state index in [-0.39, 0.29) is 30.6 Å². The number of hydrogen-bond donors (Lipinski definition) is 1. The second-order valence-electron chi connectivity index (χ2n) is 8.67. The van der Waals surface area contributed by atoms with Gasteiger partial charge in [0.2, 0.25) is 5.91 Å². The van der Waals surface area contributed by atoms with Crippen molar-refractivity contribution < 1.29 is 18.5 Å². The molecule has 2 amide bonds. The molecule has 0 bridgehead atoms. The van der Waals surface area contributed by atoms with E-state index in [1.54, 1.807) is 19.1 Å². The molecule has 2 fully saturated rings. The van der Waals surface area contributed by atoms with Crippen molar-refractivity contribution in [2.45, 2.75) is 32.1 Å². The number of carbonyl (C=O) groups is 2. The summed E-state index contributed by atoms with van der Waals surface area (Å²) in [5.74, 6) is -0.120. The molecule has 1 saturated heterocycles. The van der Waals surface area contributed by atoms with E-state index < -0.39 is 0 Å². The molecule has 0 unspecified atom stereocenters. The van der Waals surface area contributed by atoms with E-state index >= 15 is 0 Å². The number of nitrogens with zero attached hydrogens (tertiary/aromatic N) is 4. The van der Waals surface area contributed by atoms with E-state index in [2.05, 4.69) is 20.4 Å². The summed E-state index contributed by atoms with van der Waals surface area (Å²) in [5.41, 5.74) is 3.33. The molecule has 8 nitrogen and oxygen atoms in total. The van der Waals surface area contributed by atoms with E-state index in [1.165, 1.54) is 12.1 Å². The summed E-state index contributed by atoms with van der Waals surface area (Å²) in [6.45, 7) is 4.61. The number of pyridine rings is 1. The Kier molecular flexibility index (Phi) is 5.70. The molecule has 0 radical (unpaired) electrons. The SMILES string of the molecule is Cc1noc2nc(C3CC3)cc(C(=O)NCCC(=O)N3CCN(c4ccc(F)cc4)CC3)c12. The fourth-order valence-electron chi connectivity index (χ4n) is 4.28. The summed E-state index contributed by atoms with van der Waals surface area (Å²) in [7, 11) is 0. The summed E-state index contributed by atoms with van der Waals surface area (Å²) in [5, 5.41) is 7.46. The Morgan fingerprint density at radius 1 is 1.15 bits per heavy atom. The van der Waals surface area contributed by atoms with E-state index in [9.17, 15) is 14.0 Å². The van der Waals surface area contributed by atoms with Crippen molar-refractivity contribution in [1.82, 2.24) is 20.4 Å². The van der Waals surface area contributed by atoms with Crippen LogP contribution in [-0.2, 0) is 4.79 Å². The Morgan fingerprint density at radius 2 is 1.88 bits per heavy atom. The number of aromatic nitrogens is 2. The van der Waals surface area contributed by atoms with Crippen LogP contribution in [0.1, 0.15) is 46.9 Å². The molecule has 9 heteroatoms. The Balaban J connectivity index is 1.15. The Bertz CT molecular complexity index is 1180. The van der Waals surface area contributed by atoms with Crippen LogP contribution in [-0.4, -0.2) is 59.6 Å². The minimum atomic E-state index is -0.259. The van der Waals surface area contributed by atoms with Gasteiger partial charge in [0.1, 0.15) is 5.82 Å². The average Bonchev–Trinajstić information content (AvgIpc) is 3.62. The lowest BCUT2D eigenvalue weighted by molar-refractivity contribution is -0.131. The zero-order valence-electron chi connectivity index (χ0n) is 18.5. The van der Waals surface area contributed by atoms with Gasteiger partial charge >= 0.3 is 0 Å². The van der Waals surface area contributed by atoms with Crippen LogP contribution in [0.3, 0.4) is 0 Å². The van der Waals surface area contributed by atoms with Gasteiger partial charge in [0.15, 0.2) is 0 Å². The molecule has 2 aromatic heterocycles. The van der Waals surface area contributed by atoms with Crippen LogP contribution in [0.25, 0.3) is 11.1 Å². The molecule has 1 aliphatic carbocycles. The number of anilines is 1. The van der Waals surface area contributed by atoms with Crippen molar-refractivity contribution in [2.24, 2.45) is 0 Å². The molecule has 0 spiro atoms. The third-order valence-electron chi connectivity index (χ3n) is 6.33. The second kappa shape index (κ2) is 8.80. The highest BCUT2D eigenvalue weighted by atomic mass is 19.1. The normalized spacial score (nSPS) is 16.3. The van der Waals surface area contributed by atoms with Crippen LogP contribution in [0.4, 0.5) is 10.1 Å². The first-order valence-corrected chi connectivity index (χ1v) is 11.3. The molecule has 33 heavy (non-hydrogen) atoms. The van der Waals surface area contributed by atoms with Crippen LogP contribution in [0, 0.1) is 12.7 Å². The first kappa shape index (κ1) is 21.4. The molecule has 2 aliphatic rings. The molecule has 3 heterocycles. The number of nitrogens with one attached hydrogen (secondary N) is 1. The molecule has 5 rings (SSSR count). The summed E-state index contributed by atoms with van der Waals surface area (Å²) < 4.78 is 18.4. The maximum atomic E-state index is 13.1. The summed E-state index contributed by atoms with van der Waals surface area (Å²) in [6, 6.07) is 8.23. The lowest BCUT2D eigenvalue weighted by Crippen LogP contribution is -2.49. The standard InChI is InChI=1S/C24H26FN5O3/c1-15-22-19(14-20(16-2-3-16)27-24(22)33-28-15)23(32)26-9-8-21(31)30-12-10-29(11-13-30)18-6-4-17(25)5-7-18/h4-7,14,16H,2-3,8-13H2,1H3,(H,26,32). The largest absolute Gasteiger partial charge is 0.368 e. The molecule has 0 atom stereocenters. The maximum absolute atomic E-state index is 13.1. The number of rotatable bonds is 6. The van der Waals surface area contributed by atoms with Crippen molar-refractivity contribution >= 4 is 28.6 Å².